The molecule has 4 nitrogen and oxygen atoms in total. The fourth-order valence-electron chi connectivity index (χ4n) is 1.37. The molecule has 0 aliphatic heterocycles. The van der Waals surface area contributed by atoms with Crippen molar-refractivity contribution in [2.45, 2.75) is 25.3 Å². The highest BCUT2D eigenvalue weighted by Crippen LogP contribution is 2.36. The number of rotatable bonds is 3. The second kappa shape index (κ2) is 2.79. The molecule has 0 spiro atoms. The first-order valence-electron chi connectivity index (χ1n) is 4.35. The molecule has 0 bridgehead atoms. The summed E-state index contributed by atoms with van der Waals surface area (Å²) in [4.78, 5) is 0. The summed E-state index contributed by atoms with van der Waals surface area (Å²) in [5, 5.41) is 4.23. The van der Waals surface area contributed by atoms with Crippen LogP contribution in [0.4, 0.5) is 5.82 Å². The Morgan fingerprint density at radius 2 is 2.33 bits per heavy atom. The smallest absolute Gasteiger partial charge is 0.125 e. The predicted octanol–water partition coefficient (Wildman–Crippen LogP) is 0.301. The van der Waals surface area contributed by atoms with Crippen molar-refractivity contribution in [1.29, 1.82) is 0 Å². The predicted molar refractivity (Wildman–Crippen MR) is 47.7 cm³/mol. The van der Waals surface area contributed by atoms with Gasteiger partial charge in [0.1, 0.15) is 5.82 Å². The Bertz CT molecular complexity index is 275. The van der Waals surface area contributed by atoms with Gasteiger partial charge in [-0.3, -0.25) is 0 Å². The maximum Gasteiger partial charge on any atom is 0.125 e. The van der Waals surface area contributed by atoms with Gasteiger partial charge in [0.2, 0.25) is 0 Å². The quantitative estimate of drug-likeness (QED) is 0.678. The van der Waals surface area contributed by atoms with Crippen molar-refractivity contribution in [2.75, 3.05) is 12.3 Å². The molecule has 0 unspecified atom stereocenters. The first-order chi connectivity index (χ1) is 5.83. The molecule has 4 heteroatoms. The van der Waals surface area contributed by atoms with Crippen LogP contribution in [-0.2, 0) is 6.42 Å². The third-order valence-electron chi connectivity index (χ3n) is 2.22. The Labute approximate surface area is 71.5 Å². The van der Waals surface area contributed by atoms with Crippen LogP contribution < -0.4 is 11.5 Å². The zero-order valence-electron chi connectivity index (χ0n) is 7.03. The van der Waals surface area contributed by atoms with Gasteiger partial charge in [-0.2, -0.15) is 5.10 Å². The molecule has 0 aromatic carbocycles. The second-order valence-electron chi connectivity index (χ2n) is 3.27. The summed E-state index contributed by atoms with van der Waals surface area (Å²) in [5.41, 5.74) is 12.4. The average Bonchev–Trinajstić information content (AvgIpc) is 2.82. The van der Waals surface area contributed by atoms with Gasteiger partial charge in [-0.1, -0.05) is 0 Å². The lowest BCUT2D eigenvalue weighted by atomic mass is 10.2. The van der Waals surface area contributed by atoms with Gasteiger partial charge in [-0.25, -0.2) is 4.68 Å². The molecule has 0 amide bonds. The average molecular weight is 166 g/mol. The van der Waals surface area contributed by atoms with E-state index in [2.05, 4.69) is 5.10 Å². The first kappa shape index (κ1) is 7.61. The van der Waals surface area contributed by atoms with Gasteiger partial charge in [-0.15, -0.1) is 0 Å². The van der Waals surface area contributed by atoms with Crippen LogP contribution in [0.3, 0.4) is 0 Å². The van der Waals surface area contributed by atoms with Gasteiger partial charge < -0.3 is 11.5 Å². The Hall–Kier alpha value is -1.03. The molecule has 1 saturated carbocycles. The zero-order valence-corrected chi connectivity index (χ0v) is 7.03. The minimum absolute atomic E-state index is 0.566. The van der Waals surface area contributed by atoms with Crippen LogP contribution in [0.15, 0.2) is 6.20 Å². The molecule has 1 heterocycles. The topological polar surface area (TPSA) is 69.9 Å². The minimum atomic E-state index is 0.566. The third-order valence-corrected chi connectivity index (χ3v) is 2.22. The highest BCUT2D eigenvalue weighted by molar-refractivity contribution is 5.39. The summed E-state index contributed by atoms with van der Waals surface area (Å²) in [6, 6.07) is 0.566. The van der Waals surface area contributed by atoms with Crippen molar-refractivity contribution in [3.8, 4) is 0 Å². The molecular formula is C8H14N4. The number of anilines is 1. The largest absolute Gasteiger partial charge is 0.384 e. The van der Waals surface area contributed by atoms with Crippen LogP contribution in [0.1, 0.15) is 24.4 Å². The van der Waals surface area contributed by atoms with Crippen molar-refractivity contribution < 1.29 is 0 Å². The summed E-state index contributed by atoms with van der Waals surface area (Å²) in [7, 11) is 0. The second-order valence-corrected chi connectivity index (χ2v) is 3.27. The van der Waals surface area contributed by atoms with Crippen LogP contribution in [0, 0.1) is 0 Å². The van der Waals surface area contributed by atoms with Crippen LogP contribution >= 0.6 is 0 Å². The summed E-state index contributed by atoms with van der Waals surface area (Å²) < 4.78 is 1.92. The van der Waals surface area contributed by atoms with E-state index >= 15 is 0 Å². The van der Waals surface area contributed by atoms with E-state index in [1.807, 2.05) is 10.9 Å². The van der Waals surface area contributed by atoms with Gasteiger partial charge in [0.25, 0.3) is 0 Å². The molecule has 1 aliphatic carbocycles. The van der Waals surface area contributed by atoms with Gasteiger partial charge in [0.05, 0.1) is 12.2 Å². The molecule has 0 atom stereocenters. The standard InChI is InChI=1S/C8H14N4/c9-4-3-6-5-11-12(8(6)10)7-1-2-7/h5,7H,1-4,9-10H2. The van der Waals surface area contributed by atoms with Crippen molar-refractivity contribution >= 4 is 5.82 Å². The van der Waals surface area contributed by atoms with E-state index in [0.29, 0.717) is 12.6 Å². The molecular weight excluding hydrogens is 152 g/mol. The lowest BCUT2D eigenvalue weighted by Crippen LogP contribution is -2.06. The maximum absolute atomic E-state index is 5.88. The van der Waals surface area contributed by atoms with Crippen LogP contribution in [-0.4, -0.2) is 16.3 Å². The first-order valence-corrected chi connectivity index (χ1v) is 4.35. The monoisotopic (exact) mass is 166 g/mol. The molecule has 1 aliphatic rings. The van der Waals surface area contributed by atoms with Crippen molar-refractivity contribution in [2.24, 2.45) is 5.73 Å². The fourth-order valence-corrected chi connectivity index (χ4v) is 1.37. The Morgan fingerprint density at radius 1 is 1.58 bits per heavy atom. The van der Waals surface area contributed by atoms with Crippen LogP contribution in [0.2, 0.25) is 0 Å². The van der Waals surface area contributed by atoms with E-state index < -0.39 is 0 Å². The summed E-state index contributed by atoms with van der Waals surface area (Å²) in [6.45, 7) is 0.639. The van der Waals surface area contributed by atoms with Crippen LogP contribution in [0.5, 0.6) is 0 Å². The number of aromatic nitrogens is 2. The lowest BCUT2D eigenvalue weighted by Gasteiger charge is -2.01. The van der Waals surface area contributed by atoms with E-state index in [4.69, 9.17) is 11.5 Å². The molecule has 1 fully saturated rings. The number of hydrogen-bond acceptors (Lipinski definition) is 3. The Morgan fingerprint density at radius 3 is 2.92 bits per heavy atom. The molecule has 66 valence electrons. The van der Waals surface area contributed by atoms with Crippen molar-refractivity contribution in [3.63, 3.8) is 0 Å². The zero-order chi connectivity index (χ0) is 8.55. The van der Waals surface area contributed by atoms with Gasteiger partial charge in [0, 0.05) is 5.56 Å². The third kappa shape index (κ3) is 1.18. The molecule has 1 aromatic rings. The van der Waals surface area contributed by atoms with Gasteiger partial charge >= 0.3 is 0 Å². The Kier molecular flexibility index (Phi) is 1.77. The molecule has 2 rings (SSSR count). The van der Waals surface area contributed by atoms with Gasteiger partial charge in [-0.05, 0) is 25.8 Å². The molecule has 0 radical (unpaired) electrons. The fraction of sp³-hybridized carbons (Fsp3) is 0.625. The Balaban J connectivity index is 2.21. The summed E-state index contributed by atoms with van der Waals surface area (Å²) in [5.74, 6) is 0.808. The van der Waals surface area contributed by atoms with Crippen LogP contribution in [0.25, 0.3) is 0 Å². The summed E-state index contributed by atoms with van der Waals surface area (Å²) in [6.07, 6.45) is 5.10. The van der Waals surface area contributed by atoms with E-state index in [0.717, 1.165) is 17.8 Å². The van der Waals surface area contributed by atoms with Gasteiger partial charge in [0.15, 0.2) is 0 Å². The van der Waals surface area contributed by atoms with E-state index in [1.165, 1.54) is 12.8 Å². The van der Waals surface area contributed by atoms with E-state index in [9.17, 15) is 0 Å². The maximum atomic E-state index is 5.88. The molecule has 4 N–H and O–H groups in total. The number of nitrogen functional groups attached to an aromatic ring is 1. The molecule has 12 heavy (non-hydrogen) atoms. The molecule has 1 aromatic heterocycles. The number of hydrogen-bond donors (Lipinski definition) is 2. The SMILES string of the molecule is NCCc1cnn(C2CC2)c1N. The van der Waals surface area contributed by atoms with E-state index in [-0.39, 0.29) is 0 Å². The molecule has 0 saturated heterocycles. The highest BCUT2D eigenvalue weighted by Gasteiger charge is 2.26. The summed E-state index contributed by atoms with van der Waals surface area (Å²) >= 11 is 0. The minimum Gasteiger partial charge on any atom is -0.384 e. The number of nitrogens with zero attached hydrogens (tertiary/aromatic N) is 2. The van der Waals surface area contributed by atoms with Crippen molar-refractivity contribution in [1.82, 2.24) is 9.78 Å². The normalized spacial score (nSPS) is 16.8. The van der Waals surface area contributed by atoms with Crippen molar-refractivity contribution in [3.05, 3.63) is 11.8 Å². The number of nitrogens with two attached hydrogens (primary N) is 2. The van der Waals surface area contributed by atoms with E-state index in [1.54, 1.807) is 0 Å². The highest BCUT2D eigenvalue weighted by atomic mass is 15.3. The lowest BCUT2D eigenvalue weighted by molar-refractivity contribution is 0.651.